The van der Waals surface area contributed by atoms with Crippen LogP contribution in [0.1, 0.15) is 0 Å². The Morgan fingerprint density at radius 1 is 1.00 bits per heavy atom. The third kappa shape index (κ3) is 12.7. The number of hydrogen-bond acceptors (Lipinski definition) is 1. The second-order valence-electron chi connectivity index (χ2n) is 1.63. The molecule has 6 heteroatoms. The van der Waals surface area contributed by atoms with E-state index in [-0.39, 0.29) is 28.9 Å². The van der Waals surface area contributed by atoms with Crippen LogP contribution in [0, 0.1) is 25.8 Å². The number of halogens is 1. The minimum Gasteiger partial charge on any atom is 0 e. The topological polar surface area (TPSA) is 68.9 Å². The number of hydrogen-bond donors (Lipinski definition) is 0. The number of ether oxygens (including phenoxy) is 1. The first-order valence-electron chi connectivity index (χ1n) is 3.24. The fourth-order valence-corrected chi connectivity index (χ4v) is 0.610. The first kappa shape index (κ1) is 24.1. The molecule has 0 unspecified atom stereocenters. The first-order valence-corrected chi connectivity index (χ1v) is 3.24. The third-order valence-corrected chi connectivity index (χ3v) is 1.06. The number of para-hydroxylation sites is 1. The molecule has 0 aromatic heterocycles. The molecule has 1 rings (SSSR count). The van der Waals surface area contributed by atoms with E-state index in [1.807, 2.05) is 0 Å². The normalized spacial score (nSPS) is 5.50. The van der Waals surface area contributed by atoms with Crippen molar-refractivity contribution >= 4 is 0 Å². The summed E-state index contributed by atoms with van der Waals surface area (Å²) >= 11 is 0. The number of rotatable bonds is 1. The number of benzene rings is 1. The van der Waals surface area contributed by atoms with Crippen molar-refractivity contribution in [2.75, 3.05) is 7.11 Å². The zero-order chi connectivity index (χ0) is 12.7. The molecule has 1 aromatic rings. The van der Waals surface area contributed by atoms with Gasteiger partial charge in [-0.2, -0.15) is 0 Å². The molecule has 16 heavy (non-hydrogen) atoms. The molecule has 0 fully saturated rings. The summed E-state index contributed by atoms with van der Waals surface area (Å²) < 4.78 is 39.6. The average Bonchev–Trinajstić information content (AvgIpc) is 2.37. The molecule has 0 radical (unpaired) electrons. The summed E-state index contributed by atoms with van der Waals surface area (Å²) in [5.41, 5.74) is 0. The summed E-state index contributed by atoms with van der Waals surface area (Å²) in [5, 5.41) is 0. The Morgan fingerprint density at radius 2 is 1.38 bits per heavy atom. The fraction of sp³-hybridized carbons (Fsp3) is 0.100. The predicted molar refractivity (Wildman–Crippen MR) is 44.7 cm³/mol. The second-order valence-corrected chi connectivity index (χ2v) is 1.63. The molecule has 0 aliphatic heterocycles. The van der Waals surface area contributed by atoms with E-state index < -0.39 is 0 Å². The van der Waals surface area contributed by atoms with Crippen LogP contribution in [0.3, 0.4) is 0 Å². The van der Waals surface area contributed by atoms with Gasteiger partial charge in [-0.25, -0.2) is 4.39 Å². The van der Waals surface area contributed by atoms with Crippen molar-refractivity contribution in [3.63, 3.8) is 0 Å². The summed E-state index contributed by atoms with van der Waals surface area (Å²) in [4.78, 5) is 0. The summed E-state index contributed by atoms with van der Waals surface area (Å²) in [6.07, 6.45) is 0. The Bertz CT molecular complexity index is 295. The standard InChI is InChI=1S/C7H7FO.3CO.Cr/c1-9-7-5-3-2-4-6(7)8;3*1-2;/h2-5H,1H3;;;;. The zero-order valence-corrected chi connectivity index (χ0v) is 9.50. The van der Waals surface area contributed by atoms with Crippen molar-refractivity contribution in [1.29, 1.82) is 0 Å². The molecule has 84 valence electrons. The van der Waals surface area contributed by atoms with Crippen molar-refractivity contribution in [3.8, 4) is 5.75 Å². The minimum atomic E-state index is -0.319. The van der Waals surface area contributed by atoms with Crippen molar-refractivity contribution < 1.29 is 40.4 Å². The molecular formula is C10H7CrFO4. The molecule has 0 aliphatic carbocycles. The van der Waals surface area contributed by atoms with E-state index in [2.05, 4.69) is 24.7 Å². The van der Waals surface area contributed by atoms with Crippen LogP contribution in [0.15, 0.2) is 24.3 Å². The zero-order valence-electron chi connectivity index (χ0n) is 8.23. The molecule has 4 nitrogen and oxygen atoms in total. The Hall–Kier alpha value is -1.30. The Morgan fingerprint density at radius 3 is 1.62 bits per heavy atom. The molecule has 1 aromatic carbocycles. The molecule has 0 spiro atoms. The molecule has 0 N–H and O–H groups in total. The van der Waals surface area contributed by atoms with Crippen molar-refractivity contribution in [2.24, 2.45) is 0 Å². The van der Waals surface area contributed by atoms with Gasteiger partial charge in [0, 0.05) is 17.4 Å². The van der Waals surface area contributed by atoms with Crippen LogP contribution in [-0.4, -0.2) is 7.11 Å². The first-order chi connectivity index (χ1) is 7.34. The Labute approximate surface area is 104 Å². The summed E-state index contributed by atoms with van der Waals surface area (Å²) in [7, 11) is 1.44. The monoisotopic (exact) mass is 262 g/mol. The van der Waals surface area contributed by atoms with Gasteiger partial charge in [-0.3, -0.25) is 0 Å². The van der Waals surface area contributed by atoms with Gasteiger partial charge in [0.1, 0.15) is 0 Å². The maximum Gasteiger partial charge on any atom is 0 e. The van der Waals surface area contributed by atoms with Gasteiger partial charge in [-0.15, -0.1) is 0 Å². The van der Waals surface area contributed by atoms with Crippen molar-refractivity contribution in [3.05, 3.63) is 50.0 Å². The number of methoxy groups -OCH3 is 1. The quantitative estimate of drug-likeness (QED) is 0.561. The van der Waals surface area contributed by atoms with E-state index >= 15 is 0 Å². The van der Waals surface area contributed by atoms with Crippen LogP contribution in [0.5, 0.6) is 5.75 Å². The maximum absolute atomic E-state index is 12.5. The minimum absolute atomic E-state index is 0. The molecule has 0 amide bonds. The van der Waals surface area contributed by atoms with E-state index in [1.54, 1.807) is 18.2 Å². The van der Waals surface area contributed by atoms with Gasteiger partial charge in [0.05, 0.1) is 7.11 Å². The summed E-state index contributed by atoms with van der Waals surface area (Å²) in [6.45, 7) is 13.5. The maximum atomic E-state index is 12.5. The van der Waals surface area contributed by atoms with E-state index in [1.165, 1.54) is 13.2 Å². The van der Waals surface area contributed by atoms with Gasteiger partial charge >= 0.3 is 33.9 Å². The van der Waals surface area contributed by atoms with E-state index in [9.17, 15) is 4.39 Å². The molecular weight excluding hydrogens is 255 g/mol. The van der Waals surface area contributed by atoms with Crippen LogP contribution in [0.2, 0.25) is 0 Å². The summed E-state index contributed by atoms with van der Waals surface area (Å²) in [5.74, 6) is -0.0301. The molecule has 0 aliphatic rings. The van der Waals surface area contributed by atoms with Gasteiger partial charge in [-0.1, -0.05) is 12.1 Å². The van der Waals surface area contributed by atoms with Gasteiger partial charge in [0.15, 0.2) is 11.6 Å². The second kappa shape index (κ2) is 23.5. The van der Waals surface area contributed by atoms with Crippen LogP contribution in [0.4, 0.5) is 4.39 Å². The smallest absolute Gasteiger partial charge is 0 e. The fourth-order valence-electron chi connectivity index (χ4n) is 0.610. The van der Waals surface area contributed by atoms with Crippen LogP contribution in [0.25, 0.3) is 0 Å². The summed E-state index contributed by atoms with van der Waals surface area (Å²) in [6, 6.07) is 6.29. The van der Waals surface area contributed by atoms with Crippen molar-refractivity contribution in [1.82, 2.24) is 0 Å². The molecule has 0 heterocycles. The van der Waals surface area contributed by atoms with Gasteiger partial charge < -0.3 is 4.74 Å². The molecule has 0 saturated carbocycles. The van der Waals surface area contributed by atoms with Crippen LogP contribution < -0.4 is 4.74 Å². The van der Waals surface area contributed by atoms with Gasteiger partial charge in [0.2, 0.25) is 0 Å². The van der Waals surface area contributed by atoms with Gasteiger partial charge in [-0.05, 0) is 12.1 Å². The Balaban J connectivity index is -0.0000000900. The Kier molecular flexibility index (Phi) is 35.4. The van der Waals surface area contributed by atoms with Crippen molar-refractivity contribution in [2.45, 2.75) is 0 Å². The van der Waals surface area contributed by atoms with E-state index in [4.69, 9.17) is 14.0 Å². The molecule has 0 atom stereocenters. The van der Waals surface area contributed by atoms with Crippen LogP contribution >= 0.6 is 0 Å². The van der Waals surface area contributed by atoms with Gasteiger partial charge in [0.25, 0.3) is 0 Å². The third-order valence-electron chi connectivity index (χ3n) is 1.06. The molecule has 0 saturated heterocycles. The SMILES string of the molecule is COc1ccccc1F.[C-]#[O+].[C-]#[O+].[C-]#[O+].[Cr]. The predicted octanol–water partition coefficient (Wildman–Crippen LogP) is 1.72. The molecule has 0 bridgehead atoms. The van der Waals surface area contributed by atoms with E-state index in [0.29, 0.717) is 0 Å². The average molecular weight is 262 g/mol. The van der Waals surface area contributed by atoms with E-state index in [0.717, 1.165) is 0 Å². The van der Waals surface area contributed by atoms with Crippen LogP contribution in [-0.2, 0) is 31.3 Å². The largest absolute Gasteiger partial charge is 0 e.